The zero-order valence-corrected chi connectivity index (χ0v) is 25.8. The van der Waals surface area contributed by atoms with E-state index < -0.39 is 38.5 Å². The zero-order valence-electron chi connectivity index (χ0n) is 25.0. The van der Waals surface area contributed by atoms with Crippen LogP contribution in [0.2, 0.25) is 0 Å². The van der Waals surface area contributed by atoms with Crippen LogP contribution in [0.15, 0.2) is 24.3 Å². The van der Waals surface area contributed by atoms with E-state index in [0.29, 0.717) is 37.1 Å². The van der Waals surface area contributed by atoms with Gasteiger partial charge in [0.05, 0.1) is 12.4 Å². The number of carbonyl (C=O) groups is 4. The number of ketones is 1. The molecule has 10 nitrogen and oxygen atoms in total. The molecule has 1 aromatic carbocycles. The van der Waals surface area contributed by atoms with Crippen LogP contribution < -0.4 is 10.0 Å². The van der Waals surface area contributed by atoms with E-state index in [1.54, 1.807) is 52.0 Å². The number of nitrogens with one attached hydrogen (secondary N) is 2. The second-order valence-corrected chi connectivity index (χ2v) is 14.5. The maximum atomic E-state index is 13.5. The number of Topliss-reactive ketones (excluding diaryl/α,β-unsaturated/α-hetero) is 1. The van der Waals surface area contributed by atoms with Crippen LogP contribution in [-0.2, 0) is 45.1 Å². The topological polar surface area (TPSA) is 145 Å². The summed E-state index contributed by atoms with van der Waals surface area (Å²) in [5.41, 5.74) is -1.04. The Morgan fingerprint density at radius 1 is 1.10 bits per heavy atom. The van der Waals surface area contributed by atoms with Crippen LogP contribution in [0.3, 0.4) is 0 Å². The average Bonchev–Trinajstić information content (AvgIpc) is 3.18. The highest BCUT2D eigenvalue weighted by Gasteiger charge is 2.65. The molecule has 41 heavy (non-hydrogen) atoms. The van der Waals surface area contributed by atoms with Crippen molar-refractivity contribution in [3.8, 4) is 0 Å². The first-order valence-corrected chi connectivity index (χ1v) is 15.9. The van der Waals surface area contributed by atoms with Crippen LogP contribution in [0.25, 0.3) is 0 Å². The minimum atomic E-state index is -4.04. The van der Waals surface area contributed by atoms with E-state index in [2.05, 4.69) is 10.0 Å². The first kappa shape index (κ1) is 32.7. The first-order valence-electron chi connectivity index (χ1n) is 14.3. The summed E-state index contributed by atoms with van der Waals surface area (Å²) in [6.07, 6.45) is 2.45. The smallest absolute Gasteiger partial charge is 0.325 e. The summed E-state index contributed by atoms with van der Waals surface area (Å²) in [5.74, 6) is -1.51. The summed E-state index contributed by atoms with van der Waals surface area (Å²) in [6, 6.07) is 5.52. The van der Waals surface area contributed by atoms with Gasteiger partial charge in [0.2, 0.25) is 15.9 Å². The van der Waals surface area contributed by atoms with Crippen LogP contribution in [0.1, 0.15) is 85.6 Å². The number of sulfonamides is 1. The SMILES string of the molecule is CCOC(=O)CCCC(=O)Nc1ccc(C[C@H](NS(=O)(=O)C[C@]23CCC(CC2=O)C3(C)C)C(=O)OC(C)(C)C)cc1. The lowest BCUT2D eigenvalue weighted by Gasteiger charge is -2.36. The maximum absolute atomic E-state index is 13.5. The molecular weight excluding hydrogens is 548 g/mol. The fraction of sp³-hybridized carbons (Fsp3) is 0.667. The molecule has 0 aliphatic heterocycles. The predicted octanol–water partition coefficient (Wildman–Crippen LogP) is 3.93. The molecule has 1 aromatic rings. The monoisotopic (exact) mass is 592 g/mol. The van der Waals surface area contributed by atoms with Crippen LogP contribution in [0.5, 0.6) is 0 Å². The molecule has 2 aliphatic rings. The van der Waals surface area contributed by atoms with E-state index in [-0.39, 0.29) is 48.6 Å². The fourth-order valence-electron chi connectivity index (χ4n) is 6.05. The lowest BCUT2D eigenvalue weighted by Crippen LogP contribution is -2.50. The Morgan fingerprint density at radius 2 is 1.76 bits per heavy atom. The number of ether oxygens (including phenoxy) is 2. The molecule has 2 N–H and O–H groups in total. The zero-order chi connectivity index (χ0) is 30.6. The molecule has 2 aliphatic carbocycles. The van der Waals surface area contributed by atoms with Gasteiger partial charge in [-0.3, -0.25) is 19.2 Å². The van der Waals surface area contributed by atoms with Gasteiger partial charge >= 0.3 is 11.9 Å². The number of hydrogen-bond acceptors (Lipinski definition) is 8. The van der Waals surface area contributed by atoms with Gasteiger partial charge in [-0.15, -0.1) is 0 Å². The second kappa shape index (κ2) is 12.6. The Balaban J connectivity index is 1.68. The lowest BCUT2D eigenvalue weighted by atomic mass is 9.70. The van der Waals surface area contributed by atoms with Gasteiger partial charge in [0.25, 0.3) is 0 Å². The summed E-state index contributed by atoms with van der Waals surface area (Å²) >= 11 is 0. The third-order valence-corrected chi connectivity index (χ3v) is 9.87. The van der Waals surface area contributed by atoms with Crippen molar-refractivity contribution in [2.24, 2.45) is 16.7 Å². The van der Waals surface area contributed by atoms with Crippen molar-refractivity contribution in [2.45, 2.75) is 98.1 Å². The number of fused-ring (bicyclic) bond motifs is 2. The second-order valence-electron chi connectivity index (χ2n) is 12.7. The molecule has 2 bridgehead atoms. The van der Waals surface area contributed by atoms with Crippen LogP contribution in [0, 0.1) is 16.7 Å². The summed E-state index contributed by atoms with van der Waals surface area (Å²) in [6.45, 7) is 11.1. The molecule has 11 heteroatoms. The Labute approximate surface area is 243 Å². The molecule has 3 rings (SSSR count). The molecule has 1 unspecified atom stereocenters. The fourth-order valence-corrected chi connectivity index (χ4v) is 8.07. The summed E-state index contributed by atoms with van der Waals surface area (Å²) in [4.78, 5) is 49.7. The van der Waals surface area contributed by atoms with Crippen LogP contribution >= 0.6 is 0 Å². The van der Waals surface area contributed by atoms with Crippen molar-refractivity contribution in [3.63, 3.8) is 0 Å². The molecule has 0 radical (unpaired) electrons. The van der Waals surface area contributed by atoms with E-state index in [0.717, 1.165) is 6.42 Å². The minimum absolute atomic E-state index is 0.0172. The van der Waals surface area contributed by atoms with Crippen molar-refractivity contribution in [1.82, 2.24) is 4.72 Å². The number of hydrogen-bond donors (Lipinski definition) is 2. The summed E-state index contributed by atoms with van der Waals surface area (Å²) in [5, 5.41) is 2.76. The van der Waals surface area contributed by atoms with Crippen molar-refractivity contribution < 1.29 is 37.1 Å². The molecule has 2 fully saturated rings. The van der Waals surface area contributed by atoms with Crippen LogP contribution in [0.4, 0.5) is 5.69 Å². The number of esters is 2. The van der Waals surface area contributed by atoms with Crippen molar-refractivity contribution in [3.05, 3.63) is 29.8 Å². The molecule has 0 saturated heterocycles. The van der Waals surface area contributed by atoms with Gasteiger partial charge in [-0.2, -0.15) is 0 Å². The molecule has 0 heterocycles. The molecule has 0 aromatic heterocycles. The summed E-state index contributed by atoms with van der Waals surface area (Å²) in [7, 11) is -4.04. The largest absolute Gasteiger partial charge is 0.466 e. The van der Waals surface area contributed by atoms with Crippen molar-refractivity contribution >= 4 is 39.3 Å². The number of carbonyl (C=O) groups excluding carboxylic acids is 4. The third kappa shape index (κ3) is 8.16. The lowest BCUT2D eigenvalue weighted by molar-refractivity contribution is -0.157. The standard InChI is InChI=1S/C30H44N2O8S/c1-7-39-26(35)10-8-9-25(34)31-22-13-11-20(12-14-22)17-23(27(36)40-28(2,3)4)32-41(37,38)19-30-16-15-21(18-24(30)33)29(30,5)6/h11-14,21,23,32H,7-10,15-19H2,1-6H3,(H,31,34)/t21?,23-,30+/m0/s1. The van der Waals surface area contributed by atoms with Gasteiger partial charge in [-0.1, -0.05) is 26.0 Å². The van der Waals surface area contributed by atoms with Gasteiger partial charge in [-0.25, -0.2) is 13.1 Å². The minimum Gasteiger partial charge on any atom is -0.466 e. The maximum Gasteiger partial charge on any atom is 0.325 e. The molecular formula is C30H44N2O8S. The van der Waals surface area contributed by atoms with E-state index in [9.17, 15) is 27.6 Å². The highest BCUT2D eigenvalue weighted by molar-refractivity contribution is 7.89. The van der Waals surface area contributed by atoms with Crippen molar-refractivity contribution in [1.29, 1.82) is 0 Å². The normalized spacial score (nSPS) is 22.3. The third-order valence-electron chi connectivity index (χ3n) is 8.36. The molecule has 2 saturated carbocycles. The average molecular weight is 593 g/mol. The van der Waals surface area contributed by atoms with Gasteiger partial charge in [-0.05, 0) is 82.4 Å². The molecule has 0 spiro atoms. The number of anilines is 1. The molecule has 3 atom stereocenters. The van der Waals surface area contributed by atoms with Crippen LogP contribution in [-0.4, -0.2) is 56.0 Å². The van der Waals surface area contributed by atoms with Gasteiger partial charge in [0, 0.05) is 30.4 Å². The van der Waals surface area contributed by atoms with E-state index in [4.69, 9.17) is 9.47 Å². The highest BCUT2D eigenvalue weighted by atomic mass is 32.2. The Hall–Kier alpha value is -2.79. The molecule has 1 amide bonds. The Morgan fingerprint density at radius 3 is 2.29 bits per heavy atom. The highest BCUT2D eigenvalue weighted by Crippen LogP contribution is 2.64. The number of amides is 1. The Kier molecular flexibility index (Phi) is 10.1. The number of rotatable bonds is 13. The predicted molar refractivity (Wildman–Crippen MR) is 154 cm³/mol. The van der Waals surface area contributed by atoms with E-state index in [1.165, 1.54) is 0 Å². The van der Waals surface area contributed by atoms with Gasteiger partial charge in [0.15, 0.2) is 0 Å². The molecule has 228 valence electrons. The Bertz CT molecular complexity index is 1250. The summed E-state index contributed by atoms with van der Waals surface area (Å²) < 4.78 is 39.9. The van der Waals surface area contributed by atoms with E-state index in [1.807, 2.05) is 13.8 Å². The van der Waals surface area contributed by atoms with Gasteiger partial charge in [0.1, 0.15) is 17.4 Å². The quantitative estimate of drug-likeness (QED) is 0.328. The first-order chi connectivity index (χ1) is 19.0. The number of benzene rings is 1. The van der Waals surface area contributed by atoms with Crippen molar-refractivity contribution in [2.75, 3.05) is 17.7 Å². The van der Waals surface area contributed by atoms with E-state index >= 15 is 0 Å². The van der Waals surface area contributed by atoms with Gasteiger partial charge < -0.3 is 14.8 Å².